The van der Waals surface area contributed by atoms with Gasteiger partial charge in [-0.25, -0.2) is 0 Å². The Labute approximate surface area is 98.7 Å². The zero-order valence-corrected chi connectivity index (χ0v) is 10.6. The second-order valence-electron chi connectivity index (χ2n) is 4.36. The van der Waals surface area contributed by atoms with Gasteiger partial charge in [0.2, 0.25) is 0 Å². The Hall–Kier alpha value is -0.930. The lowest BCUT2D eigenvalue weighted by Crippen LogP contribution is -2.36. The molecule has 1 unspecified atom stereocenters. The van der Waals surface area contributed by atoms with Crippen LogP contribution in [0.4, 0.5) is 0 Å². The number of hydrogen-bond donors (Lipinski definition) is 2. The Morgan fingerprint density at radius 2 is 2.19 bits per heavy atom. The van der Waals surface area contributed by atoms with Crippen molar-refractivity contribution in [3.63, 3.8) is 0 Å². The Balaban J connectivity index is 2.23. The third-order valence-corrected chi connectivity index (χ3v) is 2.46. The van der Waals surface area contributed by atoms with Gasteiger partial charge in [-0.3, -0.25) is 4.98 Å². The molecule has 1 heterocycles. The van der Waals surface area contributed by atoms with Crippen LogP contribution in [0.3, 0.4) is 0 Å². The Bertz CT molecular complexity index is 299. The summed E-state index contributed by atoms with van der Waals surface area (Å²) in [6.45, 7) is 9.47. The third-order valence-electron chi connectivity index (χ3n) is 2.46. The first kappa shape index (κ1) is 13.1. The molecule has 0 fully saturated rings. The molecule has 16 heavy (non-hydrogen) atoms. The summed E-state index contributed by atoms with van der Waals surface area (Å²) < 4.78 is 0. The average Bonchev–Trinajstić information content (AvgIpc) is 2.27. The van der Waals surface area contributed by atoms with E-state index in [1.165, 1.54) is 17.5 Å². The highest BCUT2D eigenvalue weighted by molar-refractivity contribution is 5.16. The first-order valence-electron chi connectivity index (χ1n) is 6.07. The molecule has 0 aromatic carbocycles. The molecule has 1 aromatic heterocycles. The molecule has 0 radical (unpaired) electrons. The molecular formula is C13H23N3. The van der Waals surface area contributed by atoms with Gasteiger partial charge >= 0.3 is 0 Å². The van der Waals surface area contributed by atoms with Gasteiger partial charge in [-0.2, -0.15) is 0 Å². The monoisotopic (exact) mass is 221 g/mol. The van der Waals surface area contributed by atoms with Crippen LogP contribution in [0.25, 0.3) is 0 Å². The maximum absolute atomic E-state index is 4.18. The normalized spacial score (nSPS) is 12.7. The molecule has 0 saturated carbocycles. The summed E-state index contributed by atoms with van der Waals surface area (Å²) in [4.78, 5) is 4.18. The SMILES string of the molecule is CCCNCC(C)NCc1cncc(C)c1. The van der Waals surface area contributed by atoms with Gasteiger partial charge in [-0.05, 0) is 37.9 Å². The highest BCUT2D eigenvalue weighted by atomic mass is 15.0. The predicted octanol–water partition coefficient (Wildman–Crippen LogP) is 1.87. The second-order valence-corrected chi connectivity index (χ2v) is 4.36. The summed E-state index contributed by atoms with van der Waals surface area (Å²) in [5.41, 5.74) is 2.47. The smallest absolute Gasteiger partial charge is 0.0313 e. The molecule has 0 saturated heterocycles. The van der Waals surface area contributed by atoms with Crippen molar-refractivity contribution in [2.24, 2.45) is 0 Å². The minimum atomic E-state index is 0.493. The van der Waals surface area contributed by atoms with E-state index in [9.17, 15) is 0 Å². The van der Waals surface area contributed by atoms with Gasteiger partial charge in [0.1, 0.15) is 0 Å². The minimum absolute atomic E-state index is 0.493. The molecule has 2 N–H and O–H groups in total. The van der Waals surface area contributed by atoms with Crippen LogP contribution >= 0.6 is 0 Å². The summed E-state index contributed by atoms with van der Waals surface area (Å²) in [7, 11) is 0. The molecule has 90 valence electrons. The van der Waals surface area contributed by atoms with E-state index in [4.69, 9.17) is 0 Å². The number of aryl methyl sites for hydroxylation is 1. The molecule has 0 bridgehead atoms. The van der Waals surface area contributed by atoms with Gasteiger partial charge in [-0.1, -0.05) is 13.0 Å². The lowest BCUT2D eigenvalue weighted by Gasteiger charge is -2.14. The van der Waals surface area contributed by atoms with Crippen molar-refractivity contribution in [2.75, 3.05) is 13.1 Å². The van der Waals surface area contributed by atoms with E-state index in [-0.39, 0.29) is 0 Å². The summed E-state index contributed by atoms with van der Waals surface area (Å²) >= 11 is 0. The largest absolute Gasteiger partial charge is 0.315 e. The second kappa shape index (κ2) is 7.36. The van der Waals surface area contributed by atoms with E-state index in [0.29, 0.717) is 6.04 Å². The molecule has 3 heteroatoms. The first-order valence-corrected chi connectivity index (χ1v) is 6.07. The van der Waals surface area contributed by atoms with E-state index in [2.05, 4.69) is 42.5 Å². The van der Waals surface area contributed by atoms with E-state index < -0.39 is 0 Å². The number of aromatic nitrogens is 1. The zero-order chi connectivity index (χ0) is 11.8. The fourth-order valence-electron chi connectivity index (χ4n) is 1.57. The molecule has 1 rings (SSSR count). The van der Waals surface area contributed by atoms with E-state index in [1.54, 1.807) is 0 Å². The lowest BCUT2D eigenvalue weighted by molar-refractivity contribution is 0.501. The van der Waals surface area contributed by atoms with Gasteiger partial charge < -0.3 is 10.6 Å². The van der Waals surface area contributed by atoms with E-state index in [1.807, 2.05) is 12.4 Å². The number of rotatable bonds is 7. The number of hydrogen-bond acceptors (Lipinski definition) is 3. The van der Waals surface area contributed by atoms with Crippen LogP contribution in [0.15, 0.2) is 18.5 Å². The van der Waals surface area contributed by atoms with Gasteiger partial charge in [-0.15, -0.1) is 0 Å². The van der Waals surface area contributed by atoms with Crippen LogP contribution < -0.4 is 10.6 Å². The highest BCUT2D eigenvalue weighted by Crippen LogP contribution is 2.00. The Morgan fingerprint density at radius 3 is 2.88 bits per heavy atom. The van der Waals surface area contributed by atoms with Crippen LogP contribution in [0.5, 0.6) is 0 Å². The Kier molecular flexibility index (Phi) is 6.04. The molecule has 3 nitrogen and oxygen atoms in total. The van der Waals surface area contributed by atoms with Crippen LogP contribution in [0.1, 0.15) is 31.4 Å². The van der Waals surface area contributed by atoms with Crippen molar-refractivity contribution in [2.45, 2.75) is 39.8 Å². The molecule has 1 atom stereocenters. The van der Waals surface area contributed by atoms with Gasteiger partial charge in [0.05, 0.1) is 0 Å². The minimum Gasteiger partial charge on any atom is -0.315 e. The molecule has 0 aliphatic rings. The fraction of sp³-hybridized carbons (Fsp3) is 0.615. The standard InChI is InChI=1S/C13H23N3/c1-4-5-14-8-12(3)16-10-13-6-11(2)7-15-9-13/h6-7,9,12,14,16H,4-5,8,10H2,1-3H3. The van der Waals surface area contributed by atoms with Crippen molar-refractivity contribution >= 4 is 0 Å². The summed E-state index contributed by atoms with van der Waals surface area (Å²) in [6.07, 6.45) is 5.00. The van der Waals surface area contributed by atoms with Crippen LogP contribution in [-0.2, 0) is 6.54 Å². The Morgan fingerprint density at radius 1 is 1.38 bits per heavy atom. The van der Waals surface area contributed by atoms with Crippen molar-refractivity contribution in [3.8, 4) is 0 Å². The predicted molar refractivity (Wildman–Crippen MR) is 68.4 cm³/mol. The fourth-order valence-corrected chi connectivity index (χ4v) is 1.57. The van der Waals surface area contributed by atoms with Crippen molar-refractivity contribution in [1.82, 2.24) is 15.6 Å². The van der Waals surface area contributed by atoms with Gasteiger partial charge in [0.25, 0.3) is 0 Å². The highest BCUT2D eigenvalue weighted by Gasteiger charge is 2.00. The molecule has 0 aliphatic heterocycles. The maximum Gasteiger partial charge on any atom is 0.0313 e. The lowest BCUT2D eigenvalue weighted by atomic mass is 10.2. The van der Waals surface area contributed by atoms with E-state index in [0.717, 1.165) is 19.6 Å². The summed E-state index contributed by atoms with van der Waals surface area (Å²) in [5, 5.41) is 6.89. The summed E-state index contributed by atoms with van der Waals surface area (Å²) in [5.74, 6) is 0. The molecule has 1 aromatic rings. The number of nitrogens with zero attached hydrogens (tertiary/aromatic N) is 1. The molecule has 0 spiro atoms. The van der Waals surface area contributed by atoms with Crippen LogP contribution in [0, 0.1) is 6.92 Å². The number of pyridine rings is 1. The quantitative estimate of drug-likeness (QED) is 0.690. The van der Waals surface area contributed by atoms with Crippen molar-refractivity contribution < 1.29 is 0 Å². The first-order chi connectivity index (χ1) is 7.72. The summed E-state index contributed by atoms with van der Waals surface area (Å²) in [6, 6.07) is 2.67. The van der Waals surface area contributed by atoms with Crippen molar-refractivity contribution in [3.05, 3.63) is 29.6 Å². The van der Waals surface area contributed by atoms with E-state index >= 15 is 0 Å². The third kappa shape index (κ3) is 5.24. The average molecular weight is 221 g/mol. The molecule has 0 aliphatic carbocycles. The van der Waals surface area contributed by atoms with Gasteiger partial charge in [0.15, 0.2) is 0 Å². The van der Waals surface area contributed by atoms with Crippen LogP contribution in [-0.4, -0.2) is 24.1 Å². The van der Waals surface area contributed by atoms with Crippen LogP contribution in [0.2, 0.25) is 0 Å². The molecule has 0 amide bonds. The topological polar surface area (TPSA) is 37.0 Å². The maximum atomic E-state index is 4.18. The van der Waals surface area contributed by atoms with Crippen molar-refractivity contribution in [1.29, 1.82) is 0 Å². The number of nitrogens with one attached hydrogen (secondary N) is 2. The van der Waals surface area contributed by atoms with Gasteiger partial charge in [0, 0.05) is 31.5 Å². The molecular weight excluding hydrogens is 198 g/mol. The zero-order valence-electron chi connectivity index (χ0n) is 10.6.